The van der Waals surface area contributed by atoms with Crippen molar-refractivity contribution in [2.75, 3.05) is 5.73 Å². The molecule has 2 unspecified atom stereocenters. The van der Waals surface area contributed by atoms with Crippen LogP contribution < -0.4 is 5.73 Å². The van der Waals surface area contributed by atoms with Crippen molar-refractivity contribution in [3.63, 3.8) is 0 Å². The van der Waals surface area contributed by atoms with Crippen molar-refractivity contribution in [2.24, 2.45) is 5.92 Å². The second-order valence-electron chi connectivity index (χ2n) is 4.99. The third-order valence-electron chi connectivity index (χ3n) is 3.47. The molecule has 1 aromatic carbocycles. The quantitative estimate of drug-likeness (QED) is 0.825. The molecule has 1 fully saturated rings. The van der Waals surface area contributed by atoms with Gasteiger partial charge in [-0.05, 0) is 30.9 Å². The molecule has 2 rings (SSSR count). The van der Waals surface area contributed by atoms with E-state index < -0.39 is 12.0 Å². The van der Waals surface area contributed by atoms with Gasteiger partial charge < -0.3 is 10.8 Å². The van der Waals surface area contributed by atoms with Crippen molar-refractivity contribution < 1.29 is 13.9 Å². The predicted molar refractivity (Wildman–Crippen MR) is 67.7 cm³/mol. The van der Waals surface area contributed by atoms with Crippen LogP contribution in [0.3, 0.4) is 0 Å². The van der Waals surface area contributed by atoms with Gasteiger partial charge in [0.1, 0.15) is 0 Å². The fraction of sp³-hybridized carbons (Fsp3) is 0.538. The standard InChI is InChI=1S/C13H16ClF2NO/c14-9-1-2-10(11(17)6-9)12(18)5-8-3-4-13(15,16)7-8/h1-2,6,8,12,18H,3-5,7,17H2. The Bertz CT molecular complexity index is 439. The highest BCUT2D eigenvalue weighted by atomic mass is 35.5. The minimum absolute atomic E-state index is 0.0829. The first-order valence-electron chi connectivity index (χ1n) is 5.98. The van der Waals surface area contributed by atoms with Gasteiger partial charge in [0.05, 0.1) is 6.10 Å². The first-order chi connectivity index (χ1) is 8.37. The highest BCUT2D eigenvalue weighted by Gasteiger charge is 2.40. The van der Waals surface area contributed by atoms with Gasteiger partial charge in [0.25, 0.3) is 0 Å². The average Bonchev–Trinajstić information content (AvgIpc) is 2.57. The maximum Gasteiger partial charge on any atom is 0.248 e. The molecular weight excluding hydrogens is 260 g/mol. The van der Waals surface area contributed by atoms with Gasteiger partial charge in [0, 0.05) is 29.1 Å². The lowest BCUT2D eigenvalue weighted by Gasteiger charge is -2.17. The molecule has 0 aromatic heterocycles. The summed E-state index contributed by atoms with van der Waals surface area (Å²) in [5.74, 6) is -2.72. The van der Waals surface area contributed by atoms with Crippen LogP contribution in [0.25, 0.3) is 0 Å². The number of nitrogen functional groups attached to an aromatic ring is 1. The van der Waals surface area contributed by atoms with E-state index in [2.05, 4.69) is 0 Å². The molecule has 2 atom stereocenters. The molecule has 0 heterocycles. The number of hydrogen-bond acceptors (Lipinski definition) is 2. The van der Waals surface area contributed by atoms with Gasteiger partial charge in [-0.15, -0.1) is 0 Å². The topological polar surface area (TPSA) is 46.2 Å². The van der Waals surface area contributed by atoms with E-state index in [-0.39, 0.29) is 18.8 Å². The van der Waals surface area contributed by atoms with Gasteiger partial charge in [-0.2, -0.15) is 0 Å². The van der Waals surface area contributed by atoms with E-state index in [1.54, 1.807) is 18.2 Å². The molecule has 0 bridgehead atoms. The van der Waals surface area contributed by atoms with E-state index in [9.17, 15) is 13.9 Å². The lowest BCUT2D eigenvalue weighted by atomic mass is 9.95. The fourth-order valence-electron chi connectivity index (χ4n) is 2.53. The predicted octanol–water partition coefficient (Wildman–Crippen LogP) is 3.78. The summed E-state index contributed by atoms with van der Waals surface area (Å²) < 4.78 is 26.1. The maximum atomic E-state index is 13.1. The largest absolute Gasteiger partial charge is 0.398 e. The van der Waals surface area contributed by atoms with E-state index in [1.807, 2.05) is 0 Å². The summed E-state index contributed by atoms with van der Waals surface area (Å²) in [5, 5.41) is 10.6. The molecule has 0 spiro atoms. The lowest BCUT2D eigenvalue weighted by Crippen LogP contribution is -2.12. The first kappa shape index (κ1) is 13.6. The van der Waals surface area contributed by atoms with Crippen molar-refractivity contribution in [1.82, 2.24) is 0 Å². The summed E-state index contributed by atoms with van der Waals surface area (Å²) in [6.07, 6.45) is -0.252. The van der Waals surface area contributed by atoms with Crippen LogP contribution in [-0.2, 0) is 0 Å². The molecule has 0 amide bonds. The molecule has 0 radical (unpaired) electrons. The van der Waals surface area contributed by atoms with Crippen LogP contribution in [-0.4, -0.2) is 11.0 Å². The molecule has 3 N–H and O–H groups in total. The fourth-order valence-corrected chi connectivity index (χ4v) is 2.72. The van der Waals surface area contributed by atoms with E-state index in [1.165, 1.54) is 0 Å². The Kier molecular flexibility index (Phi) is 3.78. The molecule has 1 aliphatic rings. The molecule has 18 heavy (non-hydrogen) atoms. The Morgan fingerprint density at radius 2 is 2.22 bits per heavy atom. The molecule has 0 saturated heterocycles. The number of aliphatic hydroxyl groups excluding tert-OH is 1. The highest BCUT2D eigenvalue weighted by Crippen LogP contribution is 2.43. The third-order valence-corrected chi connectivity index (χ3v) is 3.71. The van der Waals surface area contributed by atoms with Crippen molar-refractivity contribution >= 4 is 17.3 Å². The van der Waals surface area contributed by atoms with E-state index in [0.717, 1.165) is 0 Å². The molecule has 1 aromatic rings. The number of benzene rings is 1. The van der Waals surface area contributed by atoms with Gasteiger partial charge >= 0.3 is 0 Å². The van der Waals surface area contributed by atoms with Gasteiger partial charge in [0.2, 0.25) is 5.92 Å². The number of anilines is 1. The van der Waals surface area contributed by atoms with Crippen molar-refractivity contribution in [3.8, 4) is 0 Å². The summed E-state index contributed by atoms with van der Waals surface area (Å²) in [4.78, 5) is 0. The van der Waals surface area contributed by atoms with Gasteiger partial charge in [0.15, 0.2) is 0 Å². The van der Waals surface area contributed by atoms with Crippen LogP contribution in [0, 0.1) is 5.92 Å². The number of aliphatic hydroxyl groups is 1. The SMILES string of the molecule is Nc1cc(Cl)ccc1C(O)CC1CCC(F)(F)C1. The molecule has 1 saturated carbocycles. The van der Waals surface area contributed by atoms with E-state index in [4.69, 9.17) is 17.3 Å². The lowest BCUT2D eigenvalue weighted by molar-refractivity contribution is 0.00256. The minimum atomic E-state index is -2.57. The second-order valence-corrected chi connectivity index (χ2v) is 5.43. The van der Waals surface area contributed by atoms with Crippen LogP contribution in [0.2, 0.25) is 5.02 Å². The molecule has 100 valence electrons. The van der Waals surface area contributed by atoms with E-state index >= 15 is 0 Å². The average molecular weight is 276 g/mol. The molecule has 2 nitrogen and oxygen atoms in total. The van der Waals surface area contributed by atoms with Crippen LogP contribution in [0.15, 0.2) is 18.2 Å². The summed E-state index contributed by atoms with van der Waals surface area (Å²) in [7, 11) is 0. The Morgan fingerprint density at radius 1 is 1.50 bits per heavy atom. The number of hydrogen-bond donors (Lipinski definition) is 2. The van der Waals surface area contributed by atoms with Crippen LogP contribution in [0.4, 0.5) is 14.5 Å². The zero-order chi connectivity index (χ0) is 13.3. The second kappa shape index (κ2) is 5.02. The van der Waals surface area contributed by atoms with Gasteiger partial charge in [-0.25, -0.2) is 8.78 Å². The van der Waals surface area contributed by atoms with Gasteiger partial charge in [-0.3, -0.25) is 0 Å². The smallest absolute Gasteiger partial charge is 0.248 e. The van der Waals surface area contributed by atoms with E-state index in [0.29, 0.717) is 29.1 Å². The maximum absolute atomic E-state index is 13.1. The Morgan fingerprint density at radius 3 is 2.78 bits per heavy atom. The third kappa shape index (κ3) is 3.12. The number of rotatable bonds is 3. The van der Waals surface area contributed by atoms with Crippen molar-refractivity contribution in [3.05, 3.63) is 28.8 Å². The van der Waals surface area contributed by atoms with Crippen molar-refractivity contribution in [1.29, 1.82) is 0 Å². The monoisotopic (exact) mass is 275 g/mol. The normalized spacial score (nSPS) is 24.1. The summed E-state index contributed by atoms with van der Waals surface area (Å²) in [5.41, 5.74) is 6.72. The Labute approximate surface area is 110 Å². The number of halogens is 3. The number of alkyl halides is 2. The summed E-state index contributed by atoms with van der Waals surface area (Å²) >= 11 is 5.77. The van der Waals surface area contributed by atoms with Crippen LogP contribution in [0.1, 0.15) is 37.4 Å². The number of nitrogens with two attached hydrogens (primary N) is 1. The molecular formula is C13H16ClF2NO. The van der Waals surface area contributed by atoms with Gasteiger partial charge in [-0.1, -0.05) is 17.7 Å². The molecule has 5 heteroatoms. The minimum Gasteiger partial charge on any atom is -0.398 e. The van der Waals surface area contributed by atoms with Crippen LogP contribution in [0.5, 0.6) is 0 Å². The molecule has 1 aliphatic carbocycles. The zero-order valence-corrected chi connectivity index (χ0v) is 10.6. The Balaban J connectivity index is 2.02. The first-order valence-corrected chi connectivity index (χ1v) is 6.36. The summed E-state index contributed by atoms with van der Waals surface area (Å²) in [6.45, 7) is 0. The zero-order valence-electron chi connectivity index (χ0n) is 9.87. The Hall–Kier alpha value is -0.870. The summed E-state index contributed by atoms with van der Waals surface area (Å²) in [6, 6.07) is 4.85. The highest BCUT2D eigenvalue weighted by molar-refractivity contribution is 6.30. The van der Waals surface area contributed by atoms with Crippen molar-refractivity contribution in [2.45, 2.75) is 37.7 Å². The van der Waals surface area contributed by atoms with Crippen LogP contribution >= 0.6 is 11.6 Å². The molecule has 0 aliphatic heterocycles.